The van der Waals surface area contributed by atoms with Gasteiger partial charge in [-0.3, -0.25) is 4.79 Å². The smallest absolute Gasteiger partial charge is 0.342 e. The second kappa shape index (κ2) is 12.7. The molecule has 2 unspecified atom stereocenters. The van der Waals surface area contributed by atoms with Crippen molar-refractivity contribution in [3.8, 4) is 0 Å². The first-order chi connectivity index (χ1) is 9.97. The molecule has 0 aliphatic rings. The monoisotopic (exact) mass is 304 g/mol. The predicted molar refractivity (Wildman–Crippen MR) is 77.4 cm³/mol. The fourth-order valence-corrected chi connectivity index (χ4v) is 1.89. The first-order valence-electron chi connectivity index (χ1n) is 7.69. The lowest BCUT2D eigenvalue weighted by Gasteiger charge is -2.10. The molecule has 124 valence electrons. The first kappa shape index (κ1) is 20.0. The average Bonchev–Trinajstić information content (AvgIpc) is 2.43. The standard InChI is InChI=1S/C15H28O6/c1-12(17)15(20)21-14(19)10-6-2-4-8-13(18)9-5-3-7-11-16/h12-13,16-18H,2-11H2,1H3. The second-order valence-corrected chi connectivity index (χ2v) is 5.30. The third-order valence-electron chi connectivity index (χ3n) is 3.17. The molecule has 0 aliphatic heterocycles. The van der Waals surface area contributed by atoms with Gasteiger partial charge >= 0.3 is 11.9 Å². The van der Waals surface area contributed by atoms with E-state index in [4.69, 9.17) is 10.2 Å². The molecule has 0 rings (SSSR count). The summed E-state index contributed by atoms with van der Waals surface area (Å²) in [5, 5.41) is 27.2. The van der Waals surface area contributed by atoms with Gasteiger partial charge in [-0.25, -0.2) is 4.79 Å². The number of hydrogen-bond acceptors (Lipinski definition) is 6. The van der Waals surface area contributed by atoms with Crippen molar-refractivity contribution in [3.05, 3.63) is 0 Å². The van der Waals surface area contributed by atoms with Crippen LogP contribution in [0.2, 0.25) is 0 Å². The minimum absolute atomic E-state index is 0.144. The summed E-state index contributed by atoms with van der Waals surface area (Å²) in [5.41, 5.74) is 0. The Hall–Kier alpha value is -0.980. The largest absolute Gasteiger partial charge is 0.396 e. The zero-order valence-electron chi connectivity index (χ0n) is 12.8. The molecule has 0 saturated heterocycles. The van der Waals surface area contributed by atoms with Crippen molar-refractivity contribution in [1.29, 1.82) is 0 Å². The number of ether oxygens (including phenoxy) is 1. The van der Waals surface area contributed by atoms with E-state index >= 15 is 0 Å². The number of carbonyl (C=O) groups is 2. The van der Waals surface area contributed by atoms with Crippen molar-refractivity contribution >= 4 is 11.9 Å². The summed E-state index contributed by atoms with van der Waals surface area (Å²) in [7, 11) is 0. The van der Waals surface area contributed by atoms with Crippen molar-refractivity contribution in [1.82, 2.24) is 0 Å². The number of aliphatic hydroxyl groups excluding tert-OH is 3. The van der Waals surface area contributed by atoms with Gasteiger partial charge in [-0.1, -0.05) is 25.7 Å². The molecule has 0 saturated carbocycles. The van der Waals surface area contributed by atoms with E-state index in [0.29, 0.717) is 12.8 Å². The molecule has 0 fully saturated rings. The molecule has 0 spiro atoms. The Morgan fingerprint density at radius 3 is 2.05 bits per heavy atom. The van der Waals surface area contributed by atoms with Crippen molar-refractivity contribution < 1.29 is 29.6 Å². The quantitative estimate of drug-likeness (QED) is 0.285. The predicted octanol–water partition coefficient (Wildman–Crippen LogP) is 1.30. The summed E-state index contributed by atoms with van der Waals surface area (Å²) in [5.74, 6) is -1.54. The topological polar surface area (TPSA) is 104 Å². The van der Waals surface area contributed by atoms with Crippen LogP contribution in [0, 0.1) is 0 Å². The van der Waals surface area contributed by atoms with Crippen LogP contribution in [0.3, 0.4) is 0 Å². The van der Waals surface area contributed by atoms with Crippen LogP contribution in [0.5, 0.6) is 0 Å². The van der Waals surface area contributed by atoms with E-state index in [1.54, 1.807) is 0 Å². The van der Waals surface area contributed by atoms with Crippen LogP contribution in [0.25, 0.3) is 0 Å². The normalized spacial score (nSPS) is 13.7. The highest BCUT2D eigenvalue weighted by atomic mass is 16.6. The number of carbonyl (C=O) groups excluding carboxylic acids is 2. The van der Waals surface area contributed by atoms with E-state index in [9.17, 15) is 14.7 Å². The Morgan fingerprint density at radius 2 is 1.52 bits per heavy atom. The third-order valence-corrected chi connectivity index (χ3v) is 3.17. The fraction of sp³-hybridized carbons (Fsp3) is 0.867. The fourth-order valence-electron chi connectivity index (χ4n) is 1.89. The minimum atomic E-state index is -1.28. The molecule has 0 bridgehead atoms. The van der Waals surface area contributed by atoms with Crippen LogP contribution in [-0.2, 0) is 14.3 Å². The molecule has 0 aromatic heterocycles. The van der Waals surface area contributed by atoms with E-state index in [2.05, 4.69) is 4.74 Å². The van der Waals surface area contributed by atoms with Crippen LogP contribution < -0.4 is 0 Å². The lowest BCUT2D eigenvalue weighted by molar-refractivity contribution is -0.165. The average molecular weight is 304 g/mol. The van der Waals surface area contributed by atoms with Gasteiger partial charge in [0.1, 0.15) is 6.10 Å². The maximum atomic E-state index is 11.2. The lowest BCUT2D eigenvalue weighted by atomic mass is 10.0. The van der Waals surface area contributed by atoms with Gasteiger partial charge in [0.2, 0.25) is 0 Å². The summed E-state index contributed by atoms with van der Waals surface area (Å²) in [6.45, 7) is 1.45. The Labute approximate surface area is 126 Å². The molecular formula is C15H28O6. The molecule has 0 aromatic carbocycles. The molecule has 0 amide bonds. The second-order valence-electron chi connectivity index (χ2n) is 5.30. The first-order valence-corrected chi connectivity index (χ1v) is 7.69. The zero-order valence-corrected chi connectivity index (χ0v) is 12.8. The Morgan fingerprint density at radius 1 is 0.952 bits per heavy atom. The highest BCUT2D eigenvalue weighted by molar-refractivity contribution is 5.87. The SMILES string of the molecule is CC(O)C(=O)OC(=O)CCCCCC(O)CCCCCO. The highest BCUT2D eigenvalue weighted by Gasteiger charge is 2.15. The lowest BCUT2D eigenvalue weighted by Crippen LogP contribution is -2.22. The number of hydrogen-bond donors (Lipinski definition) is 3. The van der Waals surface area contributed by atoms with E-state index in [1.807, 2.05) is 0 Å². The summed E-state index contributed by atoms with van der Waals surface area (Å²) in [6.07, 6.45) is 4.79. The maximum absolute atomic E-state index is 11.2. The molecule has 6 heteroatoms. The molecule has 0 radical (unpaired) electrons. The number of esters is 2. The highest BCUT2D eigenvalue weighted by Crippen LogP contribution is 2.11. The van der Waals surface area contributed by atoms with E-state index in [0.717, 1.165) is 38.5 Å². The summed E-state index contributed by atoms with van der Waals surface area (Å²) >= 11 is 0. The molecule has 6 nitrogen and oxygen atoms in total. The molecular weight excluding hydrogens is 276 g/mol. The number of aliphatic hydroxyl groups is 3. The van der Waals surface area contributed by atoms with Gasteiger partial charge in [-0.05, 0) is 32.6 Å². The van der Waals surface area contributed by atoms with E-state index in [1.165, 1.54) is 6.92 Å². The van der Waals surface area contributed by atoms with Crippen LogP contribution >= 0.6 is 0 Å². The van der Waals surface area contributed by atoms with Gasteiger partial charge in [-0.2, -0.15) is 0 Å². The molecule has 0 aliphatic carbocycles. The molecule has 21 heavy (non-hydrogen) atoms. The Bertz CT molecular complexity index is 290. The third kappa shape index (κ3) is 12.5. The van der Waals surface area contributed by atoms with Crippen molar-refractivity contribution in [2.75, 3.05) is 6.61 Å². The van der Waals surface area contributed by atoms with Crippen molar-refractivity contribution in [2.45, 2.75) is 76.9 Å². The van der Waals surface area contributed by atoms with Crippen LogP contribution in [-0.4, -0.2) is 46.1 Å². The zero-order chi connectivity index (χ0) is 16.1. The van der Waals surface area contributed by atoms with Gasteiger partial charge in [0.05, 0.1) is 6.10 Å². The van der Waals surface area contributed by atoms with E-state index < -0.39 is 18.0 Å². The summed E-state index contributed by atoms with van der Waals surface area (Å²) in [4.78, 5) is 22.2. The molecule has 0 aromatic rings. The van der Waals surface area contributed by atoms with Crippen LogP contribution in [0.4, 0.5) is 0 Å². The van der Waals surface area contributed by atoms with Crippen molar-refractivity contribution in [2.24, 2.45) is 0 Å². The minimum Gasteiger partial charge on any atom is -0.396 e. The van der Waals surface area contributed by atoms with Gasteiger partial charge in [-0.15, -0.1) is 0 Å². The Balaban J connectivity index is 3.46. The van der Waals surface area contributed by atoms with Gasteiger partial charge in [0.15, 0.2) is 0 Å². The summed E-state index contributed by atoms with van der Waals surface area (Å²) < 4.78 is 4.42. The van der Waals surface area contributed by atoms with Crippen molar-refractivity contribution in [3.63, 3.8) is 0 Å². The summed E-state index contributed by atoms with van der Waals surface area (Å²) in [6, 6.07) is 0. The van der Waals surface area contributed by atoms with E-state index in [-0.39, 0.29) is 19.1 Å². The van der Waals surface area contributed by atoms with Crippen LogP contribution in [0.1, 0.15) is 64.7 Å². The molecule has 3 N–H and O–H groups in total. The van der Waals surface area contributed by atoms with Gasteiger partial charge < -0.3 is 20.1 Å². The number of unbranched alkanes of at least 4 members (excludes halogenated alkanes) is 4. The maximum Gasteiger partial charge on any atom is 0.342 e. The Kier molecular flexibility index (Phi) is 12.1. The van der Waals surface area contributed by atoms with Gasteiger partial charge in [0, 0.05) is 13.0 Å². The van der Waals surface area contributed by atoms with Gasteiger partial charge in [0.25, 0.3) is 0 Å². The van der Waals surface area contributed by atoms with Crippen LogP contribution in [0.15, 0.2) is 0 Å². The molecule has 2 atom stereocenters. The number of rotatable bonds is 12. The molecule has 0 heterocycles.